The number of benzene rings is 2. The minimum Gasteiger partial charge on any atom is -0.462 e. The van der Waals surface area contributed by atoms with Crippen LogP contribution in [0.3, 0.4) is 0 Å². The van der Waals surface area contributed by atoms with Crippen LogP contribution in [0.2, 0.25) is 0 Å². The molecule has 0 aromatic heterocycles. The molecule has 2 aromatic carbocycles. The molecule has 0 N–H and O–H groups in total. The molecule has 0 unspecified atom stereocenters. The molecule has 2 aromatic rings. The molecule has 6 heteroatoms. The second kappa shape index (κ2) is 9.31. The number of esters is 1. The van der Waals surface area contributed by atoms with Gasteiger partial charge in [0.2, 0.25) is 10.0 Å². The Morgan fingerprint density at radius 1 is 1.04 bits per heavy atom. The lowest BCUT2D eigenvalue weighted by molar-refractivity contribution is -0.139. The lowest BCUT2D eigenvalue weighted by Gasteiger charge is -2.21. The highest BCUT2D eigenvalue weighted by molar-refractivity contribution is 7.89. The van der Waals surface area contributed by atoms with E-state index in [1.807, 2.05) is 37.3 Å². The Bertz CT molecular complexity index is 843. The predicted octanol–water partition coefficient (Wildman–Crippen LogP) is 3.31. The molecule has 0 amide bonds. The molecule has 138 valence electrons. The minimum atomic E-state index is -3.65. The molecular formula is C20H23NO4S. The van der Waals surface area contributed by atoms with E-state index in [1.54, 1.807) is 36.4 Å². The molecule has 0 fully saturated rings. The molecule has 0 heterocycles. The zero-order valence-corrected chi connectivity index (χ0v) is 15.8. The van der Waals surface area contributed by atoms with Crippen molar-refractivity contribution in [1.29, 1.82) is 0 Å². The van der Waals surface area contributed by atoms with Gasteiger partial charge in [0.1, 0.15) is 6.61 Å². The summed E-state index contributed by atoms with van der Waals surface area (Å²) < 4.78 is 32.3. The number of sulfonamides is 1. The SMILES string of the molecule is CC(=O)OC/C=C\CN(Cc1ccccc1)S(=O)(=O)c1ccc(C)cc1. The number of hydrogen-bond acceptors (Lipinski definition) is 4. The summed E-state index contributed by atoms with van der Waals surface area (Å²) in [5.74, 6) is -0.372. The van der Waals surface area contributed by atoms with E-state index in [1.165, 1.54) is 11.2 Å². The largest absolute Gasteiger partial charge is 0.462 e. The molecule has 0 aliphatic rings. The summed E-state index contributed by atoms with van der Waals surface area (Å²) in [6.07, 6.45) is 3.33. The van der Waals surface area contributed by atoms with Crippen LogP contribution in [0, 0.1) is 6.92 Å². The van der Waals surface area contributed by atoms with Gasteiger partial charge in [0.15, 0.2) is 0 Å². The van der Waals surface area contributed by atoms with Gasteiger partial charge in [0, 0.05) is 20.0 Å². The van der Waals surface area contributed by atoms with Crippen molar-refractivity contribution in [3.8, 4) is 0 Å². The summed E-state index contributed by atoms with van der Waals surface area (Å²) in [6, 6.07) is 16.2. The van der Waals surface area contributed by atoms with Crippen LogP contribution >= 0.6 is 0 Å². The quantitative estimate of drug-likeness (QED) is 0.526. The fraction of sp³-hybridized carbons (Fsp3) is 0.250. The van der Waals surface area contributed by atoms with E-state index < -0.39 is 10.0 Å². The van der Waals surface area contributed by atoms with Crippen LogP contribution in [0.1, 0.15) is 18.1 Å². The smallest absolute Gasteiger partial charge is 0.302 e. The molecule has 26 heavy (non-hydrogen) atoms. The highest BCUT2D eigenvalue weighted by atomic mass is 32.2. The zero-order chi connectivity index (χ0) is 19.0. The van der Waals surface area contributed by atoms with Crippen molar-refractivity contribution in [2.24, 2.45) is 0 Å². The maximum absolute atomic E-state index is 13.0. The number of rotatable bonds is 8. The molecule has 2 rings (SSSR count). The zero-order valence-electron chi connectivity index (χ0n) is 15.0. The number of carbonyl (C=O) groups excluding carboxylic acids is 1. The average molecular weight is 373 g/mol. The van der Waals surface area contributed by atoms with Gasteiger partial charge in [-0.05, 0) is 30.7 Å². The second-order valence-electron chi connectivity index (χ2n) is 5.87. The Kier molecular flexibility index (Phi) is 7.12. The van der Waals surface area contributed by atoms with Crippen molar-refractivity contribution in [1.82, 2.24) is 4.31 Å². The number of hydrogen-bond donors (Lipinski definition) is 0. The van der Waals surface area contributed by atoms with Gasteiger partial charge >= 0.3 is 5.97 Å². The maximum atomic E-state index is 13.0. The van der Waals surface area contributed by atoms with Crippen LogP contribution in [-0.2, 0) is 26.1 Å². The van der Waals surface area contributed by atoms with E-state index in [2.05, 4.69) is 0 Å². The summed E-state index contributed by atoms with van der Waals surface area (Å²) >= 11 is 0. The lowest BCUT2D eigenvalue weighted by atomic mass is 10.2. The van der Waals surface area contributed by atoms with E-state index in [-0.39, 0.29) is 30.6 Å². The monoisotopic (exact) mass is 373 g/mol. The molecule has 0 saturated carbocycles. The third-order valence-corrected chi connectivity index (χ3v) is 5.54. The van der Waals surface area contributed by atoms with Crippen LogP contribution in [0.5, 0.6) is 0 Å². The van der Waals surface area contributed by atoms with Gasteiger partial charge in [-0.2, -0.15) is 4.31 Å². The molecule has 0 atom stereocenters. The van der Waals surface area contributed by atoms with E-state index in [0.29, 0.717) is 0 Å². The summed E-state index contributed by atoms with van der Waals surface area (Å²) in [4.78, 5) is 11.0. The van der Waals surface area contributed by atoms with Gasteiger partial charge in [-0.15, -0.1) is 0 Å². The maximum Gasteiger partial charge on any atom is 0.302 e. The average Bonchev–Trinajstić information content (AvgIpc) is 2.61. The Morgan fingerprint density at radius 3 is 2.31 bits per heavy atom. The van der Waals surface area contributed by atoms with Gasteiger partial charge in [-0.3, -0.25) is 4.79 Å². The molecule has 0 spiro atoms. The third-order valence-electron chi connectivity index (χ3n) is 3.72. The van der Waals surface area contributed by atoms with E-state index in [4.69, 9.17) is 4.74 Å². The van der Waals surface area contributed by atoms with Gasteiger partial charge in [0.25, 0.3) is 0 Å². The Hall–Kier alpha value is -2.44. The molecule has 0 aliphatic heterocycles. The van der Waals surface area contributed by atoms with Gasteiger partial charge in [-0.1, -0.05) is 54.1 Å². The second-order valence-corrected chi connectivity index (χ2v) is 7.81. The van der Waals surface area contributed by atoms with E-state index >= 15 is 0 Å². The van der Waals surface area contributed by atoms with Crippen LogP contribution in [0.15, 0.2) is 71.6 Å². The normalized spacial score (nSPS) is 11.8. The fourth-order valence-electron chi connectivity index (χ4n) is 2.32. The molecule has 0 saturated heterocycles. The molecule has 0 bridgehead atoms. The van der Waals surface area contributed by atoms with Crippen molar-refractivity contribution in [2.75, 3.05) is 13.2 Å². The fourth-order valence-corrected chi connectivity index (χ4v) is 3.70. The van der Waals surface area contributed by atoms with E-state index in [9.17, 15) is 13.2 Å². The first-order valence-electron chi connectivity index (χ1n) is 8.28. The number of carbonyl (C=O) groups is 1. The Balaban J connectivity index is 2.21. The van der Waals surface area contributed by atoms with Crippen LogP contribution in [0.4, 0.5) is 0 Å². The van der Waals surface area contributed by atoms with Crippen LogP contribution in [0.25, 0.3) is 0 Å². The highest BCUT2D eigenvalue weighted by Crippen LogP contribution is 2.19. The van der Waals surface area contributed by atoms with Crippen molar-refractivity contribution >= 4 is 16.0 Å². The topological polar surface area (TPSA) is 63.7 Å². The van der Waals surface area contributed by atoms with Crippen LogP contribution < -0.4 is 0 Å². The Morgan fingerprint density at radius 2 is 1.69 bits per heavy atom. The molecule has 0 radical (unpaired) electrons. The van der Waals surface area contributed by atoms with Gasteiger partial charge < -0.3 is 4.74 Å². The summed E-state index contributed by atoms with van der Waals surface area (Å²) in [5, 5.41) is 0. The van der Waals surface area contributed by atoms with E-state index in [0.717, 1.165) is 11.1 Å². The van der Waals surface area contributed by atoms with Crippen molar-refractivity contribution < 1.29 is 17.9 Å². The first-order chi connectivity index (χ1) is 12.4. The molecular weight excluding hydrogens is 350 g/mol. The first-order valence-corrected chi connectivity index (χ1v) is 9.72. The first kappa shape index (κ1) is 19.9. The van der Waals surface area contributed by atoms with Crippen molar-refractivity contribution in [2.45, 2.75) is 25.3 Å². The van der Waals surface area contributed by atoms with Crippen molar-refractivity contribution in [3.63, 3.8) is 0 Å². The summed E-state index contributed by atoms with van der Waals surface area (Å²) in [6.45, 7) is 3.81. The van der Waals surface area contributed by atoms with Gasteiger partial charge in [-0.25, -0.2) is 8.42 Å². The standard InChI is InChI=1S/C20H23NO4S/c1-17-10-12-20(13-11-17)26(23,24)21(14-6-7-15-25-18(2)22)16-19-8-4-3-5-9-19/h3-13H,14-16H2,1-2H3/b7-6-. The number of ether oxygens (including phenoxy) is 1. The lowest BCUT2D eigenvalue weighted by Crippen LogP contribution is -2.31. The van der Waals surface area contributed by atoms with Gasteiger partial charge in [0.05, 0.1) is 4.90 Å². The summed E-state index contributed by atoms with van der Waals surface area (Å²) in [7, 11) is -3.65. The van der Waals surface area contributed by atoms with Crippen molar-refractivity contribution in [3.05, 3.63) is 77.9 Å². The number of nitrogens with zero attached hydrogens (tertiary/aromatic N) is 1. The molecule has 5 nitrogen and oxygen atoms in total. The Labute approximate surface area is 155 Å². The highest BCUT2D eigenvalue weighted by Gasteiger charge is 2.23. The third kappa shape index (κ3) is 5.82. The molecule has 0 aliphatic carbocycles. The van der Waals surface area contributed by atoms with Crippen LogP contribution in [-0.4, -0.2) is 31.8 Å². The summed E-state index contributed by atoms with van der Waals surface area (Å²) in [5.41, 5.74) is 1.90. The number of aryl methyl sites for hydroxylation is 1. The minimum absolute atomic E-state index is 0.124. The predicted molar refractivity (Wildman–Crippen MR) is 101 cm³/mol.